The van der Waals surface area contributed by atoms with Gasteiger partial charge >= 0.3 is 5.79 Å². The number of nitrogens with one attached hydrogen (secondary N) is 1. The molecular weight excluding hydrogens is 793 g/mol. The van der Waals surface area contributed by atoms with Crippen LogP contribution in [0.15, 0.2) is 63.6 Å². The number of hydrogen-bond donors (Lipinski definition) is 4. The minimum Gasteiger partial charge on any atom is -0.542 e. The summed E-state index contributed by atoms with van der Waals surface area (Å²) in [6.45, 7) is 27.0. The van der Waals surface area contributed by atoms with E-state index in [1.807, 2.05) is 33.8 Å². The van der Waals surface area contributed by atoms with Gasteiger partial charge in [-0.2, -0.15) is 0 Å². The van der Waals surface area contributed by atoms with Crippen LogP contribution in [0.2, 0.25) is 18.1 Å². The Kier molecular flexibility index (Phi) is 12.2. The molecule has 9 atom stereocenters. The number of carbonyl (C=O) groups is 2. The molecule has 5 bridgehead atoms. The van der Waals surface area contributed by atoms with Crippen molar-refractivity contribution in [1.29, 1.82) is 0 Å². The summed E-state index contributed by atoms with van der Waals surface area (Å²) < 4.78 is 25.7. The Labute approximate surface area is 359 Å². The summed E-state index contributed by atoms with van der Waals surface area (Å²) in [6, 6.07) is 5.22. The average molecular weight is 855 g/mol. The summed E-state index contributed by atoms with van der Waals surface area (Å²) in [5.41, 5.74) is -0.166. The van der Waals surface area contributed by atoms with Crippen LogP contribution >= 0.6 is 0 Å². The van der Waals surface area contributed by atoms with E-state index >= 15 is 0 Å². The van der Waals surface area contributed by atoms with Crippen LogP contribution in [0.25, 0.3) is 33.3 Å². The highest BCUT2D eigenvalue weighted by atomic mass is 28.4. The second-order valence-corrected chi connectivity index (χ2v) is 23.9. The number of hydrogen-bond acceptors (Lipinski definition) is 11. The van der Waals surface area contributed by atoms with Gasteiger partial charge in [-0.15, -0.1) is 0 Å². The van der Waals surface area contributed by atoms with Crippen LogP contribution in [-0.2, 0) is 9.53 Å². The number of aromatic nitrogens is 1. The van der Waals surface area contributed by atoms with Gasteiger partial charge in [0.15, 0.2) is 11.3 Å². The lowest BCUT2D eigenvalue weighted by molar-refractivity contribution is -0.112. The quantitative estimate of drug-likeness (QED) is 0.0858. The zero-order chi connectivity index (χ0) is 45.3. The van der Waals surface area contributed by atoms with Gasteiger partial charge in [0.25, 0.3) is 20.0 Å². The first kappa shape index (κ1) is 45.5. The normalized spacial score (nSPS) is 30.2. The van der Waals surface area contributed by atoms with E-state index in [1.54, 1.807) is 50.3 Å². The third kappa shape index (κ3) is 8.00. The fourth-order valence-corrected chi connectivity index (χ4v) is 9.09. The molecule has 0 spiro atoms. The topological polar surface area (TPSA) is 178 Å². The third-order valence-electron chi connectivity index (χ3n) is 14.0. The van der Waals surface area contributed by atoms with E-state index in [9.17, 15) is 29.7 Å². The first-order chi connectivity index (χ1) is 28.3. The largest absolute Gasteiger partial charge is 0.542 e. The zero-order valence-electron chi connectivity index (χ0n) is 37.9. The predicted molar refractivity (Wildman–Crippen MR) is 241 cm³/mol. The number of fused-ring (bicyclic) bond motifs is 14. The van der Waals surface area contributed by atoms with E-state index in [2.05, 4.69) is 53.0 Å². The van der Waals surface area contributed by atoms with Crippen LogP contribution in [0.4, 0.5) is 5.69 Å². The van der Waals surface area contributed by atoms with Crippen molar-refractivity contribution in [2.24, 2.45) is 35.5 Å². The maximum atomic E-state index is 14.8. The number of nitrogens with zero attached hydrogens (tertiary/aromatic N) is 1. The number of carbonyl (C=O) groups excluding carboxylic acids is 2. The Morgan fingerprint density at radius 2 is 1.56 bits per heavy atom. The molecular formula is C48H62N2O10Si. The number of Topliss-reactive ketones (excluding diaryl/α,β-unsaturated/α-hetero) is 1. The van der Waals surface area contributed by atoms with Crippen molar-refractivity contribution >= 4 is 47.6 Å². The minimum atomic E-state index is -2.43. The number of allylic oxidation sites excluding steroid dienone is 3. The molecule has 2 aromatic carbocycles. The molecule has 328 valence electrons. The monoisotopic (exact) mass is 854 g/mol. The van der Waals surface area contributed by atoms with E-state index in [0.717, 1.165) is 0 Å². The molecule has 0 radical (unpaired) electrons. The maximum Gasteiger partial charge on any atom is 0.312 e. The lowest BCUT2D eigenvalue weighted by Crippen LogP contribution is -2.43. The molecule has 0 unspecified atom stereocenters. The SMILES string of the molecule is C/C1=C/C=C/[C@H](C)[C@H](O)[C@@H](C)[C@@H](O)[C@@H](C)[C@H](C)[C@H](C)[C@@H](C)/C=C/O[C@@]2(C)Oc3c(C)c(O)c4c(=O)c(c5oc6cccc(O[Si](C)(C)C(C)(C)C)c6nc-5c4c3C2=O)NC1=O. The highest BCUT2D eigenvalue weighted by Gasteiger charge is 2.50. The number of ketones is 1. The van der Waals surface area contributed by atoms with Crippen molar-refractivity contribution in [2.75, 3.05) is 5.32 Å². The number of aliphatic hydroxyl groups is 2. The first-order valence-corrected chi connectivity index (χ1v) is 24.1. The summed E-state index contributed by atoms with van der Waals surface area (Å²) in [5, 5.41) is 36.9. The number of phenolic OH excluding ortho intramolecular Hbond substituents is 1. The van der Waals surface area contributed by atoms with E-state index in [-0.39, 0.29) is 90.6 Å². The van der Waals surface area contributed by atoms with E-state index in [1.165, 1.54) is 13.2 Å². The molecule has 1 amide bonds. The number of ether oxygens (including phenoxy) is 2. The Hall–Kier alpha value is -4.98. The summed E-state index contributed by atoms with van der Waals surface area (Å²) in [6.07, 6.45) is 6.56. The number of aromatic hydroxyl groups is 1. The van der Waals surface area contributed by atoms with Crippen LogP contribution in [0, 0.1) is 42.4 Å². The molecule has 2 aromatic rings. The van der Waals surface area contributed by atoms with Gasteiger partial charge in [0, 0.05) is 35.3 Å². The van der Waals surface area contributed by atoms with Crippen molar-refractivity contribution in [3.05, 3.63) is 75.7 Å². The van der Waals surface area contributed by atoms with E-state index in [4.69, 9.17) is 23.3 Å². The number of benzene rings is 3. The van der Waals surface area contributed by atoms with Gasteiger partial charge in [0.05, 0.1) is 29.4 Å². The van der Waals surface area contributed by atoms with Crippen molar-refractivity contribution < 1.29 is 43.2 Å². The van der Waals surface area contributed by atoms with Gasteiger partial charge < -0.3 is 39.0 Å². The Bertz CT molecular complexity index is 2510. The van der Waals surface area contributed by atoms with Crippen LogP contribution in [0.5, 0.6) is 17.2 Å². The Morgan fingerprint density at radius 3 is 2.21 bits per heavy atom. The molecule has 13 heteroatoms. The standard InChI is InChI=1S/C48H62N2O10Si/c1-23-21-22-57-48(12)45(55)35-33-34(41(53)30(8)43(35)59-48)42(54)38(44-37(33)49-36-31(58-44)19-16-20-32(36)60-61(13,14)47(9,10)11)50-46(56)25(3)18-15-17-24(2)39(51)29(7)40(52)28(6)27(5)26(23)4/h15-24,26-29,39-40,51-53H,1-14H3,(H,50,56)/b17-15+,22-21+,25-18-/t23-,24-,26+,27+,28-,29+,39-,40-,48-/m0/s1. The summed E-state index contributed by atoms with van der Waals surface area (Å²) >= 11 is 0. The molecule has 61 heavy (non-hydrogen) atoms. The summed E-state index contributed by atoms with van der Waals surface area (Å²) in [4.78, 5) is 48.5. The number of amides is 1. The van der Waals surface area contributed by atoms with Crippen molar-refractivity contribution in [2.45, 2.75) is 119 Å². The third-order valence-corrected chi connectivity index (χ3v) is 18.3. The summed E-state index contributed by atoms with van der Waals surface area (Å²) in [7, 11) is -2.43. The molecule has 0 fully saturated rings. The number of para-hydroxylation sites is 1. The van der Waals surface area contributed by atoms with Gasteiger partial charge in [0.1, 0.15) is 34.1 Å². The number of phenols is 1. The van der Waals surface area contributed by atoms with Crippen LogP contribution < -0.4 is 19.9 Å². The van der Waals surface area contributed by atoms with Gasteiger partial charge in [0.2, 0.25) is 5.43 Å². The maximum absolute atomic E-state index is 14.8. The van der Waals surface area contributed by atoms with Gasteiger partial charge in [-0.1, -0.05) is 86.6 Å². The van der Waals surface area contributed by atoms with Crippen LogP contribution in [0.1, 0.15) is 92.1 Å². The molecule has 0 aromatic heterocycles. The lowest BCUT2D eigenvalue weighted by Gasteiger charge is -2.36. The van der Waals surface area contributed by atoms with Gasteiger partial charge in [-0.3, -0.25) is 14.4 Å². The highest BCUT2D eigenvalue weighted by Crippen LogP contribution is 2.51. The van der Waals surface area contributed by atoms with Crippen LogP contribution in [0.3, 0.4) is 0 Å². The molecule has 4 N–H and O–H groups in total. The smallest absolute Gasteiger partial charge is 0.312 e. The molecule has 1 aliphatic carbocycles. The molecule has 12 nitrogen and oxygen atoms in total. The van der Waals surface area contributed by atoms with Crippen LogP contribution in [-0.4, -0.2) is 58.3 Å². The second-order valence-electron chi connectivity index (χ2n) is 19.1. The Morgan fingerprint density at radius 1 is 0.885 bits per heavy atom. The number of rotatable bonds is 2. The highest BCUT2D eigenvalue weighted by molar-refractivity contribution is 6.74. The molecule has 0 saturated carbocycles. The lowest BCUT2D eigenvalue weighted by atomic mass is 9.72. The summed E-state index contributed by atoms with van der Waals surface area (Å²) in [5.74, 6) is -4.28. The number of anilines is 1. The second kappa shape index (κ2) is 16.4. The average Bonchev–Trinajstić information content (AvgIpc) is 3.46. The molecule has 0 saturated heterocycles. The molecule has 4 aliphatic heterocycles. The van der Waals surface area contributed by atoms with Gasteiger partial charge in [-0.05, 0) is 73.9 Å². The number of aliphatic hydroxyl groups excluding tert-OH is 2. The fraction of sp³-hybridized carbons (Fsp3) is 0.500. The van der Waals surface area contributed by atoms with Gasteiger partial charge in [-0.25, -0.2) is 4.98 Å². The van der Waals surface area contributed by atoms with E-state index in [0.29, 0.717) is 11.3 Å². The fourth-order valence-electron chi connectivity index (χ4n) is 8.07. The molecule has 7 rings (SSSR count). The first-order valence-electron chi connectivity index (χ1n) is 21.2. The molecule has 5 aliphatic rings. The Balaban J connectivity index is 1.63. The van der Waals surface area contributed by atoms with Crippen molar-refractivity contribution in [3.8, 4) is 28.7 Å². The van der Waals surface area contributed by atoms with Crippen molar-refractivity contribution in [1.82, 2.24) is 4.98 Å². The molecule has 4 heterocycles. The van der Waals surface area contributed by atoms with E-state index < -0.39 is 55.1 Å². The minimum absolute atomic E-state index is 0.0139. The predicted octanol–water partition coefficient (Wildman–Crippen LogP) is 9.66. The van der Waals surface area contributed by atoms with Crippen molar-refractivity contribution in [3.63, 3.8) is 0 Å². The zero-order valence-corrected chi connectivity index (χ0v) is 38.9.